The van der Waals surface area contributed by atoms with E-state index < -0.39 is 0 Å². The van der Waals surface area contributed by atoms with Crippen LogP contribution < -0.4 is 11.3 Å². The predicted octanol–water partition coefficient (Wildman–Crippen LogP) is 1.97. The molecule has 3 N–H and O–H groups in total. The minimum atomic E-state index is 0.279. The average molecular weight is 246 g/mol. The van der Waals surface area contributed by atoms with Crippen LogP contribution in [-0.2, 0) is 11.2 Å². The van der Waals surface area contributed by atoms with Crippen LogP contribution in [0.4, 0.5) is 0 Å². The van der Waals surface area contributed by atoms with E-state index in [0.717, 1.165) is 19.4 Å². The summed E-state index contributed by atoms with van der Waals surface area (Å²) in [7, 11) is 0. The summed E-state index contributed by atoms with van der Waals surface area (Å²) >= 11 is 0. The van der Waals surface area contributed by atoms with Crippen LogP contribution >= 0.6 is 0 Å². The zero-order chi connectivity index (χ0) is 12.5. The number of hydrogen-bond acceptors (Lipinski definition) is 3. The van der Waals surface area contributed by atoms with E-state index in [4.69, 9.17) is 10.6 Å². The largest absolute Gasteiger partial charge is 0.376 e. The van der Waals surface area contributed by atoms with Crippen molar-refractivity contribution in [2.75, 3.05) is 6.61 Å². The third kappa shape index (κ3) is 2.07. The van der Waals surface area contributed by atoms with Crippen molar-refractivity contribution in [1.82, 2.24) is 5.43 Å². The fraction of sp³-hybridized carbons (Fsp3) is 0.600. The molecule has 0 radical (unpaired) electrons. The molecule has 0 amide bonds. The van der Waals surface area contributed by atoms with Gasteiger partial charge in [-0.1, -0.05) is 31.2 Å². The second-order valence-corrected chi connectivity index (χ2v) is 5.71. The van der Waals surface area contributed by atoms with Gasteiger partial charge in [0.15, 0.2) is 0 Å². The van der Waals surface area contributed by atoms with Crippen LogP contribution in [0.5, 0.6) is 0 Å². The number of hydrazine groups is 1. The number of hydrogen-bond donors (Lipinski definition) is 2. The first-order valence-electron chi connectivity index (χ1n) is 6.95. The van der Waals surface area contributed by atoms with Crippen LogP contribution in [0, 0.1) is 5.92 Å². The molecule has 1 heterocycles. The van der Waals surface area contributed by atoms with Crippen molar-refractivity contribution in [3.63, 3.8) is 0 Å². The Morgan fingerprint density at radius 3 is 2.94 bits per heavy atom. The van der Waals surface area contributed by atoms with Gasteiger partial charge >= 0.3 is 0 Å². The van der Waals surface area contributed by atoms with Gasteiger partial charge in [0.25, 0.3) is 0 Å². The van der Waals surface area contributed by atoms with Gasteiger partial charge in [0.2, 0.25) is 0 Å². The summed E-state index contributed by atoms with van der Waals surface area (Å²) in [6, 6.07) is 9.00. The molecule has 1 fully saturated rings. The first kappa shape index (κ1) is 12.2. The van der Waals surface area contributed by atoms with Gasteiger partial charge in [0, 0.05) is 12.6 Å². The van der Waals surface area contributed by atoms with Crippen molar-refractivity contribution in [2.45, 2.75) is 44.2 Å². The van der Waals surface area contributed by atoms with Crippen LogP contribution in [0.3, 0.4) is 0 Å². The average Bonchev–Trinajstić information content (AvgIpc) is 2.77. The lowest BCUT2D eigenvalue weighted by Gasteiger charge is -2.35. The molecule has 4 atom stereocenters. The van der Waals surface area contributed by atoms with Gasteiger partial charge in [-0.3, -0.25) is 11.3 Å². The van der Waals surface area contributed by atoms with Gasteiger partial charge < -0.3 is 4.74 Å². The van der Waals surface area contributed by atoms with Crippen molar-refractivity contribution in [2.24, 2.45) is 11.8 Å². The molecule has 1 aromatic carbocycles. The Morgan fingerprint density at radius 1 is 1.44 bits per heavy atom. The second kappa shape index (κ2) is 5.00. The van der Waals surface area contributed by atoms with Crippen molar-refractivity contribution in [3.05, 3.63) is 35.4 Å². The molecule has 98 valence electrons. The van der Waals surface area contributed by atoms with Crippen molar-refractivity contribution in [3.8, 4) is 0 Å². The van der Waals surface area contributed by atoms with Crippen LogP contribution in [0.25, 0.3) is 0 Å². The Labute approximate surface area is 109 Å². The lowest BCUT2D eigenvalue weighted by Crippen LogP contribution is -2.47. The highest BCUT2D eigenvalue weighted by Gasteiger charge is 2.35. The summed E-state index contributed by atoms with van der Waals surface area (Å²) in [4.78, 5) is 0. The van der Waals surface area contributed by atoms with Crippen LogP contribution in [-0.4, -0.2) is 18.8 Å². The zero-order valence-corrected chi connectivity index (χ0v) is 10.9. The maximum Gasteiger partial charge on any atom is 0.0767 e. The highest BCUT2D eigenvalue weighted by Crippen LogP contribution is 2.39. The normalized spacial score (nSPS) is 31.8. The van der Waals surface area contributed by atoms with E-state index in [1.54, 1.807) is 0 Å². The maximum atomic E-state index is 5.83. The lowest BCUT2D eigenvalue weighted by molar-refractivity contribution is 0.0551. The number of nitrogens with one attached hydrogen (secondary N) is 1. The van der Waals surface area contributed by atoms with Gasteiger partial charge in [-0.15, -0.1) is 0 Å². The Bertz CT molecular complexity index is 421. The Morgan fingerprint density at radius 2 is 2.28 bits per heavy atom. The van der Waals surface area contributed by atoms with Crippen molar-refractivity contribution >= 4 is 0 Å². The van der Waals surface area contributed by atoms with Gasteiger partial charge in [-0.05, 0) is 42.2 Å². The number of ether oxygens (including phenoxy) is 1. The van der Waals surface area contributed by atoms with E-state index in [0.29, 0.717) is 11.8 Å². The summed E-state index contributed by atoms with van der Waals surface area (Å²) in [6.07, 6.45) is 3.71. The highest BCUT2D eigenvalue weighted by molar-refractivity contribution is 5.40. The summed E-state index contributed by atoms with van der Waals surface area (Å²) in [5.41, 5.74) is 5.98. The summed E-state index contributed by atoms with van der Waals surface area (Å²) < 4.78 is 5.83. The van der Waals surface area contributed by atoms with E-state index in [2.05, 4.69) is 36.6 Å². The summed E-state index contributed by atoms with van der Waals surface area (Å²) in [5, 5.41) is 0. The molecule has 1 saturated heterocycles. The van der Waals surface area contributed by atoms with Gasteiger partial charge in [-0.25, -0.2) is 0 Å². The standard InChI is InChI=1S/C15H22N2O/c1-10-6-7-18-15(10)14(17-16)9-12-8-11-4-2-3-5-13(11)12/h2-5,10,12,14-15,17H,6-9,16H2,1H3. The molecule has 1 aliphatic heterocycles. The molecule has 18 heavy (non-hydrogen) atoms. The Balaban J connectivity index is 1.66. The molecule has 3 rings (SSSR count). The molecule has 1 aliphatic carbocycles. The third-order valence-corrected chi connectivity index (χ3v) is 4.55. The first-order chi connectivity index (χ1) is 8.79. The number of fused-ring (bicyclic) bond motifs is 1. The van der Waals surface area contributed by atoms with Crippen molar-refractivity contribution in [1.29, 1.82) is 0 Å². The third-order valence-electron chi connectivity index (χ3n) is 4.55. The van der Waals surface area contributed by atoms with Crippen molar-refractivity contribution < 1.29 is 4.74 Å². The maximum absolute atomic E-state index is 5.83. The predicted molar refractivity (Wildman–Crippen MR) is 72.1 cm³/mol. The molecular formula is C15H22N2O. The van der Waals surface area contributed by atoms with Crippen LogP contribution in [0.15, 0.2) is 24.3 Å². The number of rotatable bonds is 4. The molecule has 0 spiro atoms. The van der Waals surface area contributed by atoms with Crippen LogP contribution in [0.1, 0.15) is 36.8 Å². The SMILES string of the molecule is CC1CCOC1C(CC1Cc2ccccc21)NN. The smallest absolute Gasteiger partial charge is 0.0767 e. The number of benzene rings is 1. The van der Waals surface area contributed by atoms with E-state index >= 15 is 0 Å². The van der Waals surface area contributed by atoms with Gasteiger partial charge in [-0.2, -0.15) is 0 Å². The molecule has 1 aromatic rings. The molecular weight excluding hydrogens is 224 g/mol. The van der Waals surface area contributed by atoms with E-state index in [1.807, 2.05) is 0 Å². The zero-order valence-electron chi connectivity index (χ0n) is 10.9. The fourth-order valence-electron chi connectivity index (χ4n) is 3.41. The minimum Gasteiger partial charge on any atom is -0.376 e. The highest BCUT2D eigenvalue weighted by atomic mass is 16.5. The Hall–Kier alpha value is -0.900. The summed E-state index contributed by atoms with van der Waals surface area (Å²) in [6.45, 7) is 3.14. The molecule has 4 unspecified atom stereocenters. The minimum absolute atomic E-state index is 0.279. The molecule has 2 aliphatic rings. The van der Waals surface area contributed by atoms with E-state index in [-0.39, 0.29) is 12.1 Å². The quantitative estimate of drug-likeness (QED) is 0.631. The first-order valence-corrected chi connectivity index (χ1v) is 6.95. The molecule has 0 aromatic heterocycles. The van der Waals surface area contributed by atoms with E-state index in [9.17, 15) is 0 Å². The Kier molecular flexibility index (Phi) is 3.37. The van der Waals surface area contributed by atoms with Gasteiger partial charge in [0.1, 0.15) is 0 Å². The monoisotopic (exact) mass is 246 g/mol. The molecule has 0 bridgehead atoms. The molecule has 3 heteroatoms. The van der Waals surface area contributed by atoms with Crippen LogP contribution in [0.2, 0.25) is 0 Å². The second-order valence-electron chi connectivity index (χ2n) is 5.71. The van der Waals surface area contributed by atoms with Gasteiger partial charge in [0.05, 0.1) is 6.10 Å². The summed E-state index contributed by atoms with van der Waals surface area (Å²) in [5.74, 6) is 7.00. The molecule has 0 saturated carbocycles. The lowest BCUT2D eigenvalue weighted by atomic mass is 9.73. The van der Waals surface area contributed by atoms with E-state index in [1.165, 1.54) is 17.5 Å². The number of nitrogens with two attached hydrogens (primary N) is 1. The fourth-order valence-corrected chi connectivity index (χ4v) is 3.41. The topological polar surface area (TPSA) is 47.3 Å². The molecule has 3 nitrogen and oxygen atoms in total.